The average molecular weight is 447 g/mol. The van der Waals surface area contributed by atoms with Crippen molar-refractivity contribution >= 4 is 21.8 Å². The average Bonchev–Trinajstić information content (AvgIpc) is 2.81. The van der Waals surface area contributed by atoms with E-state index in [0.717, 1.165) is 5.56 Å². The van der Waals surface area contributed by atoms with Gasteiger partial charge in [0.25, 0.3) is 5.91 Å². The van der Waals surface area contributed by atoms with Crippen LogP contribution in [0.25, 0.3) is 0 Å². The molecule has 0 bridgehead atoms. The first-order chi connectivity index (χ1) is 15.0. The summed E-state index contributed by atoms with van der Waals surface area (Å²) in [5.41, 5.74) is 1.34. The number of pyridine rings is 1. The SMILES string of the molecule is O=C(CCc1ccc(S(=O)(=O)N2CCOCC2)cc1)NCCNC(=O)c1cccnc1. The summed E-state index contributed by atoms with van der Waals surface area (Å²) >= 11 is 0. The first-order valence-electron chi connectivity index (χ1n) is 10.1. The predicted molar refractivity (Wildman–Crippen MR) is 114 cm³/mol. The minimum Gasteiger partial charge on any atom is -0.379 e. The summed E-state index contributed by atoms with van der Waals surface area (Å²) in [5, 5.41) is 5.47. The topological polar surface area (TPSA) is 118 Å². The zero-order valence-electron chi connectivity index (χ0n) is 17.1. The Morgan fingerprint density at radius 1 is 1.03 bits per heavy atom. The molecule has 9 nitrogen and oxygen atoms in total. The Labute approximate surface area is 181 Å². The minimum atomic E-state index is -3.52. The number of aromatic nitrogens is 1. The number of hydrogen-bond acceptors (Lipinski definition) is 6. The molecule has 0 atom stereocenters. The van der Waals surface area contributed by atoms with Crippen molar-refractivity contribution in [2.24, 2.45) is 0 Å². The molecule has 10 heteroatoms. The number of aryl methyl sites for hydroxylation is 1. The van der Waals surface area contributed by atoms with E-state index in [9.17, 15) is 18.0 Å². The zero-order valence-corrected chi connectivity index (χ0v) is 17.9. The lowest BCUT2D eigenvalue weighted by Gasteiger charge is -2.26. The zero-order chi connectivity index (χ0) is 22.1. The molecule has 1 aromatic heterocycles. The van der Waals surface area contributed by atoms with E-state index >= 15 is 0 Å². The van der Waals surface area contributed by atoms with Gasteiger partial charge in [0.05, 0.1) is 23.7 Å². The van der Waals surface area contributed by atoms with E-state index in [-0.39, 0.29) is 23.1 Å². The monoisotopic (exact) mass is 446 g/mol. The smallest absolute Gasteiger partial charge is 0.252 e. The summed E-state index contributed by atoms with van der Waals surface area (Å²) in [6.07, 6.45) is 3.83. The molecule has 3 rings (SSSR count). The predicted octanol–water partition coefficient (Wildman–Crippen LogP) is 0.581. The van der Waals surface area contributed by atoms with E-state index in [4.69, 9.17) is 4.74 Å². The number of nitrogens with zero attached hydrogens (tertiary/aromatic N) is 2. The molecular weight excluding hydrogens is 420 g/mol. The van der Waals surface area contributed by atoms with E-state index in [0.29, 0.717) is 51.4 Å². The van der Waals surface area contributed by atoms with Crippen LogP contribution in [-0.2, 0) is 26.0 Å². The van der Waals surface area contributed by atoms with Gasteiger partial charge in [-0.2, -0.15) is 4.31 Å². The highest BCUT2D eigenvalue weighted by atomic mass is 32.2. The van der Waals surface area contributed by atoms with Crippen LogP contribution in [-0.4, -0.2) is 68.9 Å². The Balaban J connectivity index is 1.38. The molecule has 1 saturated heterocycles. The molecule has 1 aromatic carbocycles. The maximum atomic E-state index is 12.6. The third-order valence-corrected chi connectivity index (χ3v) is 6.74. The number of morpholine rings is 1. The van der Waals surface area contributed by atoms with Crippen molar-refractivity contribution in [3.8, 4) is 0 Å². The van der Waals surface area contributed by atoms with Crippen molar-refractivity contribution in [1.29, 1.82) is 0 Å². The van der Waals surface area contributed by atoms with Crippen LogP contribution in [0.5, 0.6) is 0 Å². The fourth-order valence-electron chi connectivity index (χ4n) is 3.09. The summed E-state index contributed by atoms with van der Waals surface area (Å²) in [5.74, 6) is -0.380. The van der Waals surface area contributed by atoms with Crippen LogP contribution in [0.2, 0.25) is 0 Å². The van der Waals surface area contributed by atoms with Crippen LogP contribution in [0.15, 0.2) is 53.7 Å². The molecule has 2 heterocycles. The molecule has 166 valence electrons. The van der Waals surface area contributed by atoms with Gasteiger partial charge in [0, 0.05) is 45.0 Å². The van der Waals surface area contributed by atoms with Gasteiger partial charge in [-0.25, -0.2) is 8.42 Å². The number of carbonyl (C=O) groups excluding carboxylic acids is 2. The lowest BCUT2D eigenvalue weighted by atomic mass is 10.1. The highest BCUT2D eigenvalue weighted by Gasteiger charge is 2.26. The molecule has 2 N–H and O–H groups in total. The van der Waals surface area contributed by atoms with Gasteiger partial charge in [-0.05, 0) is 36.2 Å². The number of hydrogen-bond donors (Lipinski definition) is 2. The lowest BCUT2D eigenvalue weighted by molar-refractivity contribution is -0.121. The Morgan fingerprint density at radius 2 is 1.74 bits per heavy atom. The lowest BCUT2D eigenvalue weighted by Crippen LogP contribution is -2.40. The number of rotatable bonds is 9. The van der Waals surface area contributed by atoms with Gasteiger partial charge in [-0.1, -0.05) is 12.1 Å². The highest BCUT2D eigenvalue weighted by Crippen LogP contribution is 2.18. The van der Waals surface area contributed by atoms with Crippen molar-refractivity contribution in [2.45, 2.75) is 17.7 Å². The van der Waals surface area contributed by atoms with Crippen LogP contribution in [0, 0.1) is 0 Å². The summed E-state index contributed by atoms with van der Waals surface area (Å²) in [6, 6.07) is 9.96. The second-order valence-corrected chi connectivity index (χ2v) is 8.95. The Kier molecular flexibility index (Phi) is 8.10. The van der Waals surface area contributed by atoms with Gasteiger partial charge < -0.3 is 15.4 Å². The largest absolute Gasteiger partial charge is 0.379 e. The first kappa shape index (κ1) is 22.9. The summed E-state index contributed by atoms with van der Waals surface area (Å²) < 4.78 is 31.9. The molecule has 0 radical (unpaired) electrons. The Bertz CT molecular complexity index is 975. The molecule has 1 fully saturated rings. The third-order valence-electron chi connectivity index (χ3n) is 4.83. The van der Waals surface area contributed by atoms with Gasteiger partial charge in [0.2, 0.25) is 15.9 Å². The van der Waals surface area contributed by atoms with Gasteiger partial charge in [-0.3, -0.25) is 14.6 Å². The van der Waals surface area contributed by atoms with Crippen LogP contribution in [0.1, 0.15) is 22.3 Å². The van der Waals surface area contributed by atoms with E-state index < -0.39 is 10.0 Å². The molecule has 0 saturated carbocycles. The number of carbonyl (C=O) groups is 2. The number of amides is 2. The molecule has 1 aliphatic heterocycles. The maximum Gasteiger partial charge on any atom is 0.252 e. The molecule has 31 heavy (non-hydrogen) atoms. The van der Waals surface area contributed by atoms with Gasteiger partial charge in [0.15, 0.2) is 0 Å². The molecule has 1 aliphatic rings. The summed E-state index contributed by atoms with van der Waals surface area (Å²) in [6.45, 7) is 2.15. The van der Waals surface area contributed by atoms with Gasteiger partial charge >= 0.3 is 0 Å². The molecule has 2 amide bonds. The number of ether oxygens (including phenoxy) is 1. The second kappa shape index (κ2) is 11.0. The number of sulfonamides is 1. The molecule has 0 spiro atoms. The van der Waals surface area contributed by atoms with E-state index in [2.05, 4.69) is 15.6 Å². The molecular formula is C21H26N4O5S. The van der Waals surface area contributed by atoms with Crippen molar-refractivity contribution in [3.63, 3.8) is 0 Å². The fourth-order valence-corrected chi connectivity index (χ4v) is 4.50. The van der Waals surface area contributed by atoms with Crippen LogP contribution in [0.3, 0.4) is 0 Å². The van der Waals surface area contributed by atoms with E-state index in [1.54, 1.807) is 42.6 Å². The quantitative estimate of drug-likeness (QED) is 0.544. The normalized spacial score (nSPS) is 14.7. The second-order valence-electron chi connectivity index (χ2n) is 7.01. The van der Waals surface area contributed by atoms with E-state index in [1.165, 1.54) is 10.5 Å². The Morgan fingerprint density at radius 3 is 2.42 bits per heavy atom. The number of benzene rings is 1. The molecule has 0 aliphatic carbocycles. The van der Waals surface area contributed by atoms with Gasteiger partial charge in [0.1, 0.15) is 0 Å². The third kappa shape index (κ3) is 6.58. The Hall–Kier alpha value is -2.82. The first-order valence-corrected chi connectivity index (χ1v) is 11.5. The standard InChI is InChI=1S/C21H26N4O5S/c26-20(23-10-11-24-21(27)18-2-1-9-22-16-18)8-5-17-3-6-19(7-4-17)31(28,29)25-12-14-30-15-13-25/h1-4,6-7,9,16H,5,8,10-15H2,(H,23,26)(H,24,27). The minimum absolute atomic E-state index is 0.138. The van der Waals surface area contributed by atoms with Gasteiger partial charge in [-0.15, -0.1) is 0 Å². The van der Waals surface area contributed by atoms with E-state index in [1.807, 2.05) is 0 Å². The van der Waals surface area contributed by atoms with Crippen molar-refractivity contribution in [1.82, 2.24) is 19.9 Å². The van der Waals surface area contributed by atoms with Crippen molar-refractivity contribution in [3.05, 3.63) is 59.9 Å². The van der Waals surface area contributed by atoms with Crippen molar-refractivity contribution in [2.75, 3.05) is 39.4 Å². The summed E-state index contributed by atoms with van der Waals surface area (Å²) in [4.78, 5) is 28.0. The fraction of sp³-hybridized carbons (Fsp3) is 0.381. The maximum absolute atomic E-state index is 12.6. The van der Waals surface area contributed by atoms with Crippen LogP contribution in [0.4, 0.5) is 0 Å². The van der Waals surface area contributed by atoms with Crippen LogP contribution >= 0.6 is 0 Å². The molecule has 0 unspecified atom stereocenters. The highest BCUT2D eigenvalue weighted by molar-refractivity contribution is 7.89. The molecule has 2 aromatic rings. The number of nitrogens with one attached hydrogen (secondary N) is 2. The summed E-state index contributed by atoms with van der Waals surface area (Å²) in [7, 11) is -3.52. The van der Waals surface area contributed by atoms with Crippen molar-refractivity contribution < 1.29 is 22.7 Å². The van der Waals surface area contributed by atoms with Crippen LogP contribution < -0.4 is 10.6 Å².